The van der Waals surface area contributed by atoms with E-state index in [-0.39, 0.29) is 25.0 Å². The van der Waals surface area contributed by atoms with Crippen molar-refractivity contribution in [2.24, 2.45) is 0 Å². The minimum Gasteiger partial charge on any atom is -0.369 e. The first-order valence-corrected chi connectivity index (χ1v) is 8.71. The molecule has 0 aliphatic carbocycles. The number of amides is 2. The molecule has 0 saturated carbocycles. The Bertz CT molecular complexity index is 688. The number of carbonyl (C=O) groups excluding carboxylic acids is 2. The third kappa shape index (κ3) is 3.83. The average Bonchev–Trinajstić information content (AvgIpc) is 3.10. The van der Waals surface area contributed by atoms with E-state index >= 15 is 0 Å². The SMILES string of the molecule is CN(Cc1cccs1)C(=O)[C@H]1COCC(=O)N1Cc1ccccc1. The number of carbonyl (C=O) groups is 2. The van der Waals surface area contributed by atoms with Crippen LogP contribution < -0.4 is 0 Å². The van der Waals surface area contributed by atoms with Crippen LogP contribution in [0.3, 0.4) is 0 Å². The van der Waals surface area contributed by atoms with Gasteiger partial charge in [-0.25, -0.2) is 0 Å². The molecule has 2 aromatic rings. The standard InChI is InChI=1S/C18H20N2O3S/c1-19(11-15-8-5-9-24-15)18(22)16-12-23-13-17(21)20(16)10-14-6-3-2-4-7-14/h2-9,16H,10-13H2,1H3/t16-/m1/s1. The number of thiophene rings is 1. The average molecular weight is 344 g/mol. The number of rotatable bonds is 5. The first-order valence-electron chi connectivity index (χ1n) is 7.83. The molecule has 1 aliphatic heterocycles. The van der Waals surface area contributed by atoms with Gasteiger partial charge in [0.25, 0.3) is 0 Å². The predicted molar refractivity (Wildman–Crippen MR) is 92.4 cm³/mol. The fraction of sp³-hybridized carbons (Fsp3) is 0.333. The van der Waals surface area contributed by atoms with Gasteiger partial charge in [0.2, 0.25) is 11.8 Å². The molecule has 1 atom stereocenters. The molecule has 2 amide bonds. The first kappa shape index (κ1) is 16.7. The molecule has 1 saturated heterocycles. The van der Waals surface area contributed by atoms with Crippen molar-refractivity contribution in [1.82, 2.24) is 9.80 Å². The van der Waals surface area contributed by atoms with Gasteiger partial charge >= 0.3 is 0 Å². The van der Waals surface area contributed by atoms with Crippen LogP contribution in [-0.2, 0) is 27.4 Å². The second-order valence-corrected chi connectivity index (χ2v) is 6.84. The largest absolute Gasteiger partial charge is 0.369 e. The van der Waals surface area contributed by atoms with Crippen LogP contribution in [0.1, 0.15) is 10.4 Å². The molecule has 0 spiro atoms. The van der Waals surface area contributed by atoms with Gasteiger partial charge in [-0.3, -0.25) is 9.59 Å². The minimum atomic E-state index is -0.573. The van der Waals surface area contributed by atoms with Crippen LogP contribution in [0.5, 0.6) is 0 Å². The molecule has 126 valence electrons. The molecule has 1 aromatic carbocycles. The van der Waals surface area contributed by atoms with Crippen molar-refractivity contribution in [2.75, 3.05) is 20.3 Å². The fourth-order valence-corrected chi connectivity index (χ4v) is 3.51. The van der Waals surface area contributed by atoms with Crippen LogP contribution in [0.2, 0.25) is 0 Å². The summed E-state index contributed by atoms with van der Waals surface area (Å²) >= 11 is 1.61. The van der Waals surface area contributed by atoms with Gasteiger partial charge in [0.05, 0.1) is 13.2 Å². The fourth-order valence-electron chi connectivity index (χ4n) is 2.76. The van der Waals surface area contributed by atoms with Crippen LogP contribution in [0.15, 0.2) is 47.8 Å². The molecule has 0 bridgehead atoms. The van der Waals surface area contributed by atoms with Crippen molar-refractivity contribution in [3.05, 3.63) is 58.3 Å². The Hall–Kier alpha value is -2.18. The topological polar surface area (TPSA) is 49.9 Å². The van der Waals surface area contributed by atoms with Gasteiger partial charge in [-0.2, -0.15) is 0 Å². The summed E-state index contributed by atoms with van der Waals surface area (Å²) in [4.78, 5) is 29.5. The highest BCUT2D eigenvalue weighted by Crippen LogP contribution is 2.17. The summed E-state index contributed by atoms with van der Waals surface area (Å²) in [6.45, 7) is 1.24. The highest BCUT2D eigenvalue weighted by Gasteiger charge is 2.35. The summed E-state index contributed by atoms with van der Waals surface area (Å²) in [6, 6.07) is 13.1. The summed E-state index contributed by atoms with van der Waals surface area (Å²) < 4.78 is 5.33. The van der Waals surface area contributed by atoms with Crippen molar-refractivity contribution in [2.45, 2.75) is 19.1 Å². The third-order valence-electron chi connectivity index (χ3n) is 4.03. The van der Waals surface area contributed by atoms with Crippen LogP contribution in [0, 0.1) is 0 Å². The zero-order chi connectivity index (χ0) is 16.9. The van der Waals surface area contributed by atoms with E-state index in [1.165, 1.54) is 0 Å². The summed E-state index contributed by atoms with van der Waals surface area (Å²) in [5.74, 6) is -0.236. The van der Waals surface area contributed by atoms with Gasteiger partial charge in [0, 0.05) is 18.5 Å². The van der Waals surface area contributed by atoms with Gasteiger partial charge in [-0.1, -0.05) is 36.4 Å². The second-order valence-electron chi connectivity index (χ2n) is 5.81. The normalized spacial score (nSPS) is 17.8. The van der Waals surface area contributed by atoms with E-state index < -0.39 is 6.04 Å². The highest BCUT2D eigenvalue weighted by molar-refractivity contribution is 7.09. The van der Waals surface area contributed by atoms with E-state index in [4.69, 9.17) is 4.74 Å². The van der Waals surface area contributed by atoms with E-state index in [2.05, 4.69) is 0 Å². The molecule has 0 unspecified atom stereocenters. The molecule has 2 heterocycles. The maximum absolute atomic E-state index is 12.8. The number of ether oxygens (including phenoxy) is 1. The van der Waals surface area contributed by atoms with Crippen molar-refractivity contribution >= 4 is 23.2 Å². The lowest BCUT2D eigenvalue weighted by molar-refractivity contribution is -0.159. The lowest BCUT2D eigenvalue weighted by Crippen LogP contribution is -2.56. The maximum Gasteiger partial charge on any atom is 0.249 e. The Labute approximate surface area is 145 Å². The number of likely N-dealkylation sites (N-methyl/N-ethyl adjacent to an activating group) is 1. The molecule has 0 N–H and O–H groups in total. The summed E-state index contributed by atoms with van der Waals surface area (Å²) in [5.41, 5.74) is 1.01. The number of morpholine rings is 1. The van der Waals surface area contributed by atoms with E-state index in [0.29, 0.717) is 13.1 Å². The molecule has 24 heavy (non-hydrogen) atoms. The Morgan fingerprint density at radius 2 is 2.08 bits per heavy atom. The highest BCUT2D eigenvalue weighted by atomic mass is 32.1. The molecule has 5 nitrogen and oxygen atoms in total. The number of hydrogen-bond donors (Lipinski definition) is 0. The van der Waals surface area contributed by atoms with E-state index in [1.807, 2.05) is 47.8 Å². The van der Waals surface area contributed by atoms with Gasteiger partial charge in [-0.15, -0.1) is 11.3 Å². The third-order valence-corrected chi connectivity index (χ3v) is 4.89. The second kappa shape index (κ2) is 7.59. The Kier molecular flexibility index (Phi) is 5.27. The van der Waals surface area contributed by atoms with Gasteiger partial charge < -0.3 is 14.5 Å². The Balaban J connectivity index is 1.73. The van der Waals surface area contributed by atoms with Crippen molar-refractivity contribution in [1.29, 1.82) is 0 Å². The quantitative estimate of drug-likeness (QED) is 0.835. The van der Waals surface area contributed by atoms with Gasteiger partial charge in [-0.05, 0) is 17.0 Å². The zero-order valence-electron chi connectivity index (χ0n) is 13.6. The molecule has 3 rings (SSSR count). The Morgan fingerprint density at radius 3 is 2.79 bits per heavy atom. The number of hydrogen-bond acceptors (Lipinski definition) is 4. The molecule has 0 radical (unpaired) electrons. The number of nitrogens with zero attached hydrogens (tertiary/aromatic N) is 2. The smallest absolute Gasteiger partial charge is 0.249 e. The summed E-state index contributed by atoms with van der Waals surface area (Å²) in [5, 5.41) is 1.99. The van der Waals surface area contributed by atoms with Crippen LogP contribution in [0.25, 0.3) is 0 Å². The summed E-state index contributed by atoms with van der Waals surface area (Å²) in [6.07, 6.45) is 0. The molecule has 6 heteroatoms. The lowest BCUT2D eigenvalue weighted by Gasteiger charge is -2.36. The predicted octanol–water partition coefficient (Wildman–Crippen LogP) is 2.13. The van der Waals surface area contributed by atoms with Crippen molar-refractivity contribution < 1.29 is 14.3 Å². The zero-order valence-corrected chi connectivity index (χ0v) is 14.4. The van der Waals surface area contributed by atoms with Crippen LogP contribution in [0.4, 0.5) is 0 Å². The van der Waals surface area contributed by atoms with Gasteiger partial charge in [0.1, 0.15) is 12.6 Å². The van der Waals surface area contributed by atoms with E-state index in [9.17, 15) is 9.59 Å². The monoisotopic (exact) mass is 344 g/mol. The van der Waals surface area contributed by atoms with Crippen molar-refractivity contribution in [3.8, 4) is 0 Å². The number of benzene rings is 1. The van der Waals surface area contributed by atoms with E-state index in [1.54, 1.807) is 28.2 Å². The van der Waals surface area contributed by atoms with Crippen molar-refractivity contribution in [3.63, 3.8) is 0 Å². The first-order chi connectivity index (χ1) is 11.6. The lowest BCUT2D eigenvalue weighted by atomic mass is 10.1. The summed E-state index contributed by atoms with van der Waals surface area (Å²) in [7, 11) is 1.77. The van der Waals surface area contributed by atoms with Crippen LogP contribution in [-0.4, -0.2) is 47.9 Å². The molecular formula is C18H20N2O3S. The molecular weight excluding hydrogens is 324 g/mol. The van der Waals surface area contributed by atoms with Gasteiger partial charge in [0.15, 0.2) is 0 Å². The molecule has 1 aromatic heterocycles. The minimum absolute atomic E-state index is 0.0330. The van der Waals surface area contributed by atoms with E-state index in [0.717, 1.165) is 10.4 Å². The Morgan fingerprint density at radius 1 is 1.29 bits per heavy atom. The molecule has 1 fully saturated rings. The molecule has 1 aliphatic rings. The maximum atomic E-state index is 12.8. The van der Waals surface area contributed by atoms with Crippen LogP contribution >= 0.6 is 11.3 Å².